The van der Waals surface area contributed by atoms with Crippen molar-refractivity contribution in [2.45, 2.75) is 13.3 Å². The predicted molar refractivity (Wildman–Crippen MR) is 54.7 cm³/mol. The van der Waals surface area contributed by atoms with Gasteiger partial charge in [-0.2, -0.15) is 0 Å². The number of rotatable bonds is 5. The summed E-state index contributed by atoms with van der Waals surface area (Å²) in [4.78, 5) is 11.6. The zero-order chi connectivity index (χ0) is 13.7. The summed E-state index contributed by atoms with van der Waals surface area (Å²) in [5.41, 5.74) is -0.720. The van der Waals surface area contributed by atoms with E-state index in [2.05, 4.69) is 5.32 Å². The van der Waals surface area contributed by atoms with Crippen molar-refractivity contribution in [3.05, 3.63) is 38.1 Å². The van der Waals surface area contributed by atoms with Crippen LogP contribution in [-0.2, 0) is 0 Å². The Hall–Kier alpha value is -0.840. The molecule has 1 amide bonds. The second kappa shape index (κ2) is 6.92. The number of amides is 1. The van der Waals surface area contributed by atoms with Crippen LogP contribution >= 0.6 is 0 Å². The number of carbonyl (C=O) groups is 1. The molecule has 1 rings (SSSR count). The van der Waals surface area contributed by atoms with Crippen LogP contribution in [0.4, 0.5) is 8.78 Å². The first kappa shape index (κ1) is 15.2. The standard InChI is InChI=1S/C10H11F2IN2O3/c1-2-5-14-10(16)8-6(11)3-4-7(9(8)12)13-15(17)18/h3-4,17H,2,5H2,1H3,(H,14,16)/q-2. The Morgan fingerprint density at radius 2 is 2.22 bits per heavy atom. The Morgan fingerprint density at radius 1 is 1.56 bits per heavy atom. The number of benzene rings is 1. The molecule has 0 saturated heterocycles. The van der Waals surface area contributed by atoms with Crippen molar-refractivity contribution < 1.29 is 40.3 Å². The van der Waals surface area contributed by atoms with E-state index < -0.39 is 44.6 Å². The van der Waals surface area contributed by atoms with Crippen molar-refractivity contribution in [2.24, 2.45) is 0 Å². The number of carbonyl (C=O) groups excluding carboxylic acids is 1. The number of nitrogens with zero attached hydrogens (tertiary/aromatic N) is 1. The molecule has 0 saturated carbocycles. The summed E-state index contributed by atoms with van der Waals surface area (Å²) < 4.78 is 26.7. The third-order valence-corrected chi connectivity index (χ3v) is 3.74. The van der Waals surface area contributed by atoms with Gasteiger partial charge in [0.15, 0.2) is 0 Å². The first-order valence-corrected chi connectivity index (χ1v) is 7.09. The van der Waals surface area contributed by atoms with Gasteiger partial charge < -0.3 is 0 Å². The van der Waals surface area contributed by atoms with Gasteiger partial charge in [-0.05, 0) is 0 Å². The van der Waals surface area contributed by atoms with Gasteiger partial charge >= 0.3 is 113 Å². The first-order chi connectivity index (χ1) is 8.47. The Bertz CT molecular complexity index is 443. The molecular weight excluding hydrogens is 361 g/mol. The maximum absolute atomic E-state index is 13.8. The van der Waals surface area contributed by atoms with E-state index in [0.29, 0.717) is 13.0 Å². The van der Waals surface area contributed by atoms with Gasteiger partial charge in [-0.3, -0.25) is 0 Å². The van der Waals surface area contributed by atoms with E-state index in [1.807, 2.05) is 0 Å². The molecule has 0 aliphatic rings. The average Bonchev–Trinajstić information content (AvgIpc) is 2.30. The Balaban J connectivity index is 3.05. The Kier molecular flexibility index (Phi) is 5.85. The van der Waals surface area contributed by atoms with Crippen LogP contribution < -0.4 is 26.8 Å². The van der Waals surface area contributed by atoms with Crippen LogP contribution in [0.3, 0.4) is 0 Å². The van der Waals surface area contributed by atoms with Gasteiger partial charge in [-0.15, -0.1) is 0 Å². The van der Waals surface area contributed by atoms with E-state index in [1.165, 1.54) is 0 Å². The van der Waals surface area contributed by atoms with Crippen molar-refractivity contribution in [3.63, 3.8) is 0 Å². The van der Waals surface area contributed by atoms with Crippen LogP contribution in [0.1, 0.15) is 23.7 Å². The number of nitrogens with one attached hydrogen (secondary N) is 1. The topological polar surface area (TPSA) is 75.6 Å². The minimum atomic E-state index is -1.71. The summed E-state index contributed by atoms with van der Waals surface area (Å²) in [7, 11) is 0. The van der Waals surface area contributed by atoms with Gasteiger partial charge in [0.05, 0.1) is 0 Å². The molecule has 0 bridgehead atoms. The summed E-state index contributed by atoms with van der Waals surface area (Å²) in [6.07, 6.45) is 0.632. The molecule has 2 N–H and O–H groups in total. The van der Waals surface area contributed by atoms with Crippen LogP contribution in [0.15, 0.2) is 12.1 Å². The summed E-state index contributed by atoms with van der Waals surface area (Å²) >= 11 is -1.71. The van der Waals surface area contributed by atoms with E-state index in [1.54, 1.807) is 6.92 Å². The van der Waals surface area contributed by atoms with E-state index in [-0.39, 0.29) is 7.01 Å². The van der Waals surface area contributed by atoms with Gasteiger partial charge in [-0.25, -0.2) is 0 Å². The summed E-state index contributed by atoms with van der Waals surface area (Å²) in [5.74, 6) is -2.95. The molecule has 102 valence electrons. The van der Waals surface area contributed by atoms with E-state index in [9.17, 15) is 18.8 Å². The third kappa shape index (κ3) is 3.83. The van der Waals surface area contributed by atoms with Crippen molar-refractivity contribution in [1.29, 1.82) is 0 Å². The Labute approximate surface area is 113 Å². The second-order valence-corrected chi connectivity index (χ2v) is 5.75. The van der Waals surface area contributed by atoms with Crippen molar-refractivity contribution in [2.75, 3.05) is 6.54 Å². The second-order valence-electron chi connectivity index (χ2n) is 3.28. The van der Waals surface area contributed by atoms with Crippen LogP contribution in [-0.4, -0.2) is 21.1 Å². The quantitative estimate of drug-likeness (QED) is 0.285. The van der Waals surface area contributed by atoms with Crippen LogP contribution in [0.2, 0.25) is 0 Å². The van der Waals surface area contributed by atoms with Crippen LogP contribution in [0.5, 0.6) is 0 Å². The van der Waals surface area contributed by atoms with E-state index >= 15 is 0 Å². The maximum atomic E-state index is 13.8. The van der Waals surface area contributed by atoms with Gasteiger partial charge in [0.25, 0.3) is 0 Å². The predicted octanol–water partition coefficient (Wildman–Crippen LogP) is -1.53. The fourth-order valence-electron chi connectivity index (χ4n) is 1.21. The molecule has 8 heteroatoms. The fourth-order valence-corrected chi connectivity index (χ4v) is 2.47. The molecule has 5 nitrogen and oxygen atoms in total. The molecule has 0 aliphatic heterocycles. The summed E-state index contributed by atoms with van der Waals surface area (Å²) in [6, 6.07) is 1.96. The van der Waals surface area contributed by atoms with Crippen molar-refractivity contribution in [1.82, 2.24) is 8.76 Å². The normalized spacial score (nSPS) is 11.0. The van der Waals surface area contributed by atoms with Crippen molar-refractivity contribution in [3.8, 4) is 0 Å². The first-order valence-electron chi connectivity index (χ1n) is 5.04. The molecule has 0 unspecified atom stereocenters. The minimum absolute atomic E-state index is 0.144. The molecule has 0 aliphatic carbocycles. The molecule has 1 aromatic rings. The summed E-state index contributed by atoms with van der Waals surface area (Å²) in [5, 5.41) is 21.3. The van der Waals surface area contributed by atoms with Crippen LogP contribution in [0.25, 0.3) is 0 Å². The molecule has 0 aromatic heterocycles. The Morgan fingerprint density at radius 3 is 2.78 bits per heavy atom. The molecule has 1 aromatic carbocycles. The molecule has 0 spiro atoms. The van der Waals surface area contributed by atoms with E-state index in [0.717, 1.165) is 12.1 Å². The van der Waals surface area contributed by atoms with E-state index in [4.69, 9.17) is 5.21 Å². The number of hydrogen-bond acceptors (Lipinski definition) is 4. The SMILES string of the molecule is CCCNC(=O)c1c(F)ccc([I-]N([O-])O)c1F. The summed E-state index contributed by atoms with van der Waals surface area (Å²) in [6.45, 7) is 2.10. The zero-order valence-corrected chi connectivity index (χ0v) is 11.6. The van der Waals surface area contributed by atoms with Gasteiger partial charge in [-0.1, -0.05) is 0 Å². The average molecular weight is 372 g/mol. The monoisotopic (exact) mass is 372 g/mol. The number of halogens is 3. The van der Waals surface area contributed by atoms with Gasteiger partial charge in [0.2, 0.25) is 0 Å². The van der Waals surface area contributed by atoms with Gasteiger partial charge in [0.1, 0.15) is 0 Å². The molecule has 18 heavy (non-hydrogen) atoms. The molecular formula is C10H11F2IN2O3-2. The van der Waals surface area contributed by atoms with Gasteiger partial charge in [0, 0.05) is 0 Å². The molecule has 0 atom stereocenters. The number of hydrogen-bond donors (Lipinski definition) is 2. The third-order valence-electron chi connectivity index (χ3n) is 1.97. The molecule has 0 radical (unpaired) electrons. The zero-order valence-electron chi connectivity index (χ0n) is 9.41. The molecule has 0 fully saturated rings. The fraction of sp³-hybridized carbons (Fsp3) is 0.300. The van der Waals surface area contributed by atoms with Crippen LogP contribution in [0, 0.1) is 20.4 Å². The van der Waals surface area contributed by atoms with Crippen molar-refractivity contribution >= 4 is 5.91 Å². The molecule has 0 heterocycles.